The molecule has 0 aromatic heterocycles. The summed E-state index contributed by atoms with van der Waals surface area (Å²) in [4.78, 5) is 22.9. The topological polar surface area (TPSA) is 147 Å². The van der Waals surface area contributed by atoms with Gasteiger partial charge in [0.05, 0.1) is 30.1 Å². The van der Waals surface area contributed by atoms with Crippen LogP contribution in [-0.4, -0.2) is 24.6 Å². The molecule has 1 aliphatic heterocycles. The maximum Gasteiger partial charge on any atom is 0.343 e. The second kappa shape index (κ2) is 12.7. The first-order valence-corrected chi connectivity index (χ1v) is 12.8. The van der Waals surface area contributed by atoms with E-state index in [4.69, 9.17) is 24.7 Å². The second-order valence-corrected chi connectivity index (χ2v) is 9.14. The fourth-order valence-corrected chi connectivity index (χ4v) is 4.42. The molecule has 0 amide bonds. The average molecular weight is 544 g/mol. The quantitative estimate of drug-likeness (QED) is 0.101. The SMILES string of the molecule is CCCCCCOc1ccc(C2C(C#N)=C(N)Oc3cc(OC(=O)c4ccc([N+](=O)[O-])cc4)ccc32)cc1OC. The van der Waals surface area contributed by atoms with E-state index >= 15 is 0 Å². The zero-order valence-corrected chi connectivity index (χ0v) is 22.2. The summed E-state index contributed by atoms with van der Waals surface area (Å²) in [5.41, 5.74) is 7.78. The molecule has 0 spiro atoms. The lowest BCUT2D eigenvalue weighted by Crippen LogP contribution is -2.21. The summed E-state index contributed by atoms with van der Waals surface area (Å²) in [6, 6.07) is 17.5. The summed E-state index contributed by atoms with van der Waals surface area (Å²) in [6.07, 6.45) is 4.34. The molecule has 4 rings (SSSR count). The number of benzene rings is 3. The molecule has 0 saturated heterocycles. The van der Waals surface area contributed by atoms with E-state index in [-0.39, 0.29) is 28.5 Å². The molecule has 2 N–H and O–H groups in total. The van der Waals surface area contributed by atoms with Crippen molar-refractivity contribution in [1.82, 2.24) is 0 Å². The van der Waals surface area contributed by atoms with Crippen molar-refractivity contribution in [2.24, 2.45) is 5.73 Å². The molecular weight excluding hydrogens is 514 g/mol. The zero-order chi connectivity index (χ0) is 28.6. The summed E-state index contributed by atoms with van der Waals surface area (Å²) >= 11 is 0. The first-order chi connectivity index (χ1) is 19.4. The number of rotatable bonds is 11. The molecule has 0 radical (unpaired) electrons. The van der Waals surface area contributed by atoms with Gasteiger partial charge in [-0.1, -0.05) is 38.3 Å². The largest absolute Gasteiger partial charge is 0.493 e. The highest BCUT2D eigenvalue weighted by Crippen LogP contribution is 2.45. The Morgan fingerprint density at radius 1 is 1.07 bits per heavy atom. The Balaban J connectivity index is 1.59. The van der Waals surface area contributed by atoms with Crippen LogP contribution in [0, 0.1) is 21.4 Å². The van der Waals surface area contributed by atoms with Gasteiger partial charge in [-0.2, -0.15) is 5.26 Å². The molecule has 0 fully saturated rings. The van der Waals surface area contributed by atoms with Crippen LogP contribution in [0.4, 0.5) is 5.69 Å². The van der Waals surface area contributed by atoms with Crippen LogP contribution in [-0.2, 0) is 0 Å². The molecule has 0 saturated carbocycles. The number of hydrogen-bond donors (Lipinski definition) is 1. The number of ether oxygens (including phenoxy) is 4. The number of fused-ring (bicyclic) bond motifs is 1. The van der Waals surface area contributed by atoms with Gasteiger partial charge >= 0.3 is 5.97 Å². The minimum absolute atomic E-state index is 0.0611. The molecule has 0 bridgehead atoms. The number of nitrogens with two attached hydrogens (primary N) is 1. The van der Waals surface area contributed by atoms with Crippen LogP contribution in [0.2, 0.25) is 0 Å². The number of carbonyl (C=O) groups is 1. The number of non-ortho nitro benzene ring substituents is 1. The Kier molecular flexibility index (Phi) is 8.86. The molecule has 3 aromatic carbocycles. The third kappa shape index (κ3) is 6.15. The van der Waals surface area contributed by atoms with Gasteiger partial charge in [-0.05, 0) is 42.3 Å². The molecule has 1 atom stereocenters. The van der Waals surface area contributed by atoms with Gasteiger partial charge in [-0.3, -0.25) is 10.1 Å². The predicted molar refractivity (Wildman–Crippen MR) is 146 cm³/mol. The number of methoxy groups -OCH3 is 1. The second-order valence-electron chi connectivity index (χ2n) is 9.14. The van der Waals surface area contributed by atoms with Crippen LogP contribution < -0.4 is 24.7 Å². The van der Waals surface area contributed by atoms with Crippen LogP contribution >= 0.6 is 0 Å². The van der Waals surface area contributed by atoms with E-state index in [1.54, 1.807) is 19.2 Å². The molecule has 3 aromatic rings. The fraction of sp³-hybridized carbons (Fsp3) is 0.267. The van der Waals surface area contributed by atoms with Crippen molar-refractivity contribution in [2.75, 3.05) is 13.7 Å². The van der Waals surface area contributed by atoms with Gasteiger partial charge in [0.15, 0.2) is 11.5 Å². The van der Waals surface area contributed by atoms with Gasteiger partial charge in [0.1, 0.15) is 23.1 Å². The van der Waals surface area contributed by atoms with E-state index in [0.717, 1.165) is 31.2 Å². The normalized spacial score (nSPS) is 14.0. The Hall–Kier alpha value is -5.04. The van der Waals surface area contributed by atoms with Gasteiger partial charge < -0.3 is 24.7 Å². The number of allylic oxidation sites excluding steroid dienone is 1. The highest BCUT2D eigenvalue weighted by Gasteiger charge is 2.32. The maximum absolute atomic E-state index is 12.6. The van der Waals surface area contributed by atoms with Crippen LogP contribution in [0.1, 0.15) is 60.0 Å². The molecule has 206 valence electrons. The molecule has 10 nitrogen and oxygen atoms in total. The number of nitrogens with zero attached hydrogens (tertiary/aromatic N) is 2. The number of carbonyl (C=O) groups excluding carboxylic acids is 1. The predicted octanol–water partition coefficient (Wildman–Crippen LogP) is 6.00. The van der Waals surface area contributed by atoms with Crippen LogP contribution in [0.5, 0.6) is 23.0 Å². The lowest BCUT2D eigenvalue weighted by atomic mass is 9.83. The third-order valence-electron chi connectivity index (χ3n) is 6.49. The van der Waals surface area contributed by atoms with E-state index in [9.17, 15) is 20.2 Å². The smallest absolute Gasteiger partial charge is 0.343 e. The van der Waals surface area contributed by atoms with Gasteiger partial charge in [0.2, 0.25) is 5.88 Å². The Labute approximate surface area is 231 Å². The number of hydrogen-bond acceptors (Lipinski definition) is 9. The van der Waals surface area contributed by atoms with Crippen LogP contribution in [0.15, 0.2) is 72.1 Å². The van der Waals surface area contributed by atoms with Crippen molar-refractivity contribution in [1.29, 1.82) is 5.26 Å². The van der Waals surface area contributed by atoms with Gasteiger partial charge in [-0.25, -0.2) is 4.79 Å². The maximum atomic E-state index is 12.6. The van der Waals surface area contributed by atoms with Crippen LogP contribution in [0.3, 0.4) is 0 Å². The van der Waals surface area contributed by atoms with E-state index in [2.05, 4.69) is 13.0 Å². The van der Waals surface area contributed by atoms with Gasteiger partial charge in [-0.15, -0.1) is 0 Å². The van der Waals surface area contributed by atoms with Crippen molar-refractivity contribution in [3.8, 4) is 29.1 Å². The summed E-state index contributed by atoms with van der Waals surface area (Å²) < 4.78 is 22.7. The summed E-state index contributed by atoms with van der Waals surface area (Å²) in [5, 5.41) is 20.8. The number of nitro benzene ring substituents is 1. The van der Waals surface area contributed by atoms with Crippen molar-refractivity contribution < 1.29 is 28.7 Å². The third-order valence-corrected chi connectivity index (χ3v) is 6.49. The highest BCUT2D eigenvalue weighted by molar-refractivity contribution is 5.91. The monoisotopic (exact) mass is 543 g/mol. The first kappa shape index (κ1) is 28.0. The van der Waals surface area contributed by atoms with E-state index in [0.29, 0.717) is 29.4 Å². The lowest BCUT2D eigenvalue weighted by Gasteiger charge is -2.27. The Bertz CT molecular complexity index is 1480. The number of nitriles is 1. The zero-order valence-electron chi connectivity index (χ0n) is 22.2. The molecule has 40 heavy (non-hydrogen) atoms. The highest BCUT2D eigenvalue weighted by atomic mass is 16.6. The fourth-order valence-electron chi connectivity index (χ4n) is 4.42. The van der Waals surface area contributed by atoms with Gasteiger partial charge in [0, 0.05) is 23.8 Å². The van der Waals surface area contributed by atoms with E-state index in [1.807, 2.05) is 18.2 Å². The Morgan fingerprint density at radius 2 is 1.85 bits per heavy atom. The van der Waals surface area contributed by atoms with E-state index in [1.165, 1.54) is 30.3 Å². The summed E-state index contributed by atoms with van der Waals surface area (Å²) in [6.45, 7) is 2.73. The average Bonchev–Trinajstić information content (AvgIpc) is 2.96. The molecular formula is C30H29N3O7. The standard InChI is InChI=1S/C30H29N3O7/c1-3-4-5-6-15-38-25-14-9-20(16-27(25)37-2)28-23-13-12-22(17-26(23)40-29(32)24(28)18-31)39-30(34)19-7-10-21(11-8-19)33(35)36/h7-14,16-17,28H,3-6,15,32H2,1-2H3. The molecule has 1 aliphatic rings. The molecule has 0 aliphatic carbocycles. The molecule has 10 heteroatoms. The number of esters is 1. The van der Waals surface area contributed by atoms with Crippen molar-refractivity contribution in [3.63, 3.8) is 0 Å². The first-order valence-electron chi connectivity index (χ1n) is 12.8. The Morgan fingerprint density at radius 3 is 2.52 bits per heavy atom. The summed E-state index contributed by atoms with van der Waals surface area (Å²) in [5.74, 6) is 0.335. The van der Waals surface area contributed by atoms with Crippen molar-refractivity contribution in [2.45, 2.75) is 38.5 Å². The van der Waals surface area contributed by atoms with Crippen LogP contribution in [0.25, 0.3) is 0 Å². The van der Waals surface area contributed by atoms with E-state index < -0.39 is 16.8 Å². The minimum Gasteiger partial charge on any atom is -0.493 e. The van der Waals surface area contributed by atoms with Crippen molar-refractivity contribution >= 4 is 11.7 Å². The minimum atomic E-state index is -0.696. The number of nitro groups is 1. The molecule has 1 unspecified atom stereocenters. The number of unbranched alkanes of at least 4 members (excludes halogenated alkanes) is 3. The van der Waals surface area contributed by atoms with Gasteiger partial charge in [0.25, 0.3) is 5.69 Å². The lowest BCUT2D eigenvalue weighted by molar-refractivity contribution is -0.384. The molecule has 1 heterocycles. The summed E-state index contributed by atoms with van der Waals surface area (Å²) in [7, 11) is 1.56. The van der Waals surface area contributed by atoms with Crippen molar-refractivity contribution in [3.05, 3.63) is 98.9 Å².